The van der Waals surface area contributed by atoms with Gasteiger partial charge < -0.3 is 4.74 Å². The quantitative estimate of drug-likeness (QED) is 0.575. The number of ether oxygens (including phenoxy) is 1. The van der Waals surface area contributed by atoms with Crippen LogP contribution in [0.15, 0.2) is 16.7 Å². The van der Waals surface area contributed by atoms with Crippen molar-refractivity contribution < 1.29 is 9.53 Å². The van der Waals surface area contributed by atoms with E-state index in [1.165, 1.54) is 7.11 Å². The summed E-state index contributed by atoms with van der Waals surface area (Å²) in [5.41, 5.74) is 1.16. The Morgan fingerprint density at radius 3 is 2.43 bits per heavy atom. The minimum atomic E-state index is -0.354. The van der Waals surface area contributed by atoms with Crippen LogP contribution in [0.25, 0.3) is 0 Å². The van der Waals surface area contributed by atoms with Crippen LogP contribution in [0.3, 0.4) is 0 Å². The number of rotatable bonds is 1. The van der Waals surface area contributed by atoms with Crippen LogP contribution in [-0.2, 0) is 4.74 Å². The van der Waals surface area contributed by atoms with E-state index in [9.17, 15) is 4.79 Å². The van der Waals surface area contributed by atoms with Gasteiger partial charge in [0, 0.05) is 0 Å². The zero-order valence-electron chi connectivity index (χ0n) is 8.80. The molecule has 1 aromatic rings. The van der Waals surface area contributed by atoms with Gasteiger partial charge in [-0.3, -0.25) is 0 Å². The topological polar surface area (TPSA) is 39.2 Å². The van der Waals surface area contributed by atoms with Crippen LogP contribution in [0.1, 0.15) is 29.9 Å². The summed E-state index contributed by atoms with van der Waals surface area (Å²) in [7, 11) is 1.35. The summed E-state index contributed by atoms with van der Waals surface area (Å²) in [5.74, 6) is -0.354. The van der Waals surface area contributed by atoms with Crippen molar-refractivity contribution in [1.29, 1.82) is 0 Å². The van der Waals surface area contributed by atoms with Crippen LogP contribution in [-0.4, -0.2) is 18.1 Å². The van der Waals surface area contributed by atoms with Crippen LogP contribution in [0.4, 0.5) is 0 Å². The predicted molar refractivity (Wildman–Crippen MR) is 59.4 cm³/mol. The first-order valence-corrected chi connectivity index (χ1v) is 5.16. The van der Waals surface area contributed by atoms with Gasteiger partial charge in [-0.25, -0.2) is 9.78 Å². The summed E-state index contributed by atoms with van der Waals surface area (Å²) in [5, 5.41) is 0. The van der Waals surface area contributed by atoms with Crippen molar-refractivity contribution in [2.75, 3.05) is 7.11 Å². The lowest BCUT2D eigenvalue weighted by Gasteiger charge is -2.01. The molecule has 0 bridgehead atoms. The van der Waals surface area contributed by atoms with Crippen LogP contribution in [0, 0.1) is 6.92 Å². The molecule has 14 heavy (non-hydrogen) atoms. The average Bonchev–Trinajstić information content (AvgIpc) is 2.20. The lowest BCUT2D eigenvalue weighted by Crippen LogP contribution is -2.04. The van der Waals surface area contributed by atoms with E-state index in [-0.39, 0.29) is 5.97 Å². The maximum atomic E-state index is 11.1. The fourth-order valence-electron chi connectivity index (χ4n) is 0.856. The highest BCUT2D eigenvalue weighted by Crippen LogP contribution is 2.11. The van der Waals surface area contributed by atoms with Gasteiger partial charge in [-0.2, -0.15) is 0 Å². The minimum Gasteiger partial charge on any atom is -0.465 e. The Hall–Kier alpha value is -0.900. The number of esters is 1. The first-order valence-electron chi connectivity index (χ1n) is 4.36. The van der Waals surface area contributed by atoms with Gasteiger partial charge in [0.15, 0.2) is 0 Å². The molecule has 0 aromatic carbocycles. The first kappa shape index (κ1) is 13.1. The Bertz CT molecular complexity index is 313. The van der Waals surface area contributed by atoms with Crippen molar-refractivity contribution in [2.24, 2.45) is 0 Å². The molecule has 0 N–H and O–H groups in total. The molecular formula is C10H14BrNO2. The number of hydrogen-bond acceptors (Lipinski definition) is 3. The van der Waals surface area contributed by atoms with E-state index in [0.29, 0.717) is 15.9 Å². The van der Waals surface area contributed by atoms with Gasteiger partial charge in [-0.15, -0.1) is 0 Å². The molecule has 1 heterocycles. The Kier molecular flexibility index (Phi) is 6.12. The fraction of sp³-hybridized carbons (Fsp3) is 0.400. The molecule has 1 aromatic heterocycles. The van der Waals surface area contributed by atoms with Crippen molar-refractivity contribution in [3.8, 4) is 0 Å². The number of methoxy groups -OCH3 is 1. The number of hydrogen-bond donors (Lipinski definition) is 0. The third kappa shape index (κ3) is 3.46. The molecule has 0 unspecified atom stereocenters. The smallest absolute Gasteiger partial charge is 0.339 e. The molecule has 0 aliphatic carbocycles. The van der Waals surface area contributed by atoms with E-state index >= 15 is 0 Å². The number of carbonyl (C=O) groups excluding carboxylic acids is 1. The van der Waals surface area contributed by atoms with Crippen molar-refractivity contribution in [2.45, 2.75) is 20.8 Å². The summed E-state index contributed by atoms with van der Waals surface area (Å²) in [6.45, 7) is 5.76. The van der Waals surface area contributed by atoms with Gasteiger partial charge in [0.05, 0.1) is 18.4 Å². The van der Waals surface area contributed by atoms with Crippen LogP contribution in [0.5, 0.6) is 0 Å². The second-order valence-electron chi connectivity index (χ2n) is 2.26. The number of pyridine rings is 1. The largest absolute Gasteiger partial charge is 0.465 e. The van der Waals surface area contributed by atoms with Crippen LogP contribution < -0.4 is 0 Å². The SMILES string of the molecule is CC.COC(=O)c1ccc(Br)nc1C. The average molecular weight is 260 g/mol. The van der Waals surface area contributed by atoms with Crippen molar-refractivity contribution >= 4 is 21.9 Å². The monoisotopic (exact) mass is 259 g/mol. The van der Waals surface area contributed by atoms with Crippen molar-refractivity contribution in [1.82, 2.24) is 4.98 Å². The van der Waals surface area contributed by atoms with Gasteiger partial charge in [0.25, 0.3) is 0 Å². The molecule has 0 fully saturated rings. The number of aromatic nitrogens is 1. The Labute approximate surface area is 92.6 Å². The molecule has 0 saturated heterocycles. The molecule has 3 nitrogen and oxygen atoms in total. The number of halogens is 1. The van der Waals surface area contributed by atoms with Gasteiger partial charge in [0.2, 0.25) is 0 Å². The highest BCUT2D eigenvalue weighted by molar-refractivity contribution is 9.10. The Morgan fingerprint density at radius 1 is 1.43 bits per heavy atom. The lowest BCUT2D eigenvalue weighted by atomic mass is 10.2. The number of carbonyl (C=O) groups is 1. The lowest BCUT2D eigenvalue weighted by molar-refractivity contribution is 0.0599. The second-order valence-corrected chi connectivity index (χ2v) is 3.07. The van der Waals surface area contributed by atoms with E-state index in [0.717, 1.165) is 0 Å². The number of aryl methyl sites for hydroxylation is 1. The maximum Gasteiger partial charge on any atom is 0.339 e. The third-order valence-corrected chi connectivity index (χ3v) is 1.90. The summed E-state index contributed by atoms with van der Waals surface area (Å²) in [6, 6.07) is 3.39. The van der Waals surface area contributed by atoms with Crippen molar-refractivity contribution in [3.63, 3.8) is 0 Å². The summed E-state index contributed by atoms with van der Waals surface area (Å²) >= 11 is 3.20. The van der Waals surface area contributed by atoms with Gasteiger partial charge in [-0.05, 0) is 35.0 Å². The second kappa shape index (κ2) is 6.54. The first-order chi connectivity index (χ1) is 6.65. The summed E-state index contributed by atoms with van der Waals surface area (Å²) in [4.78, 5) is 15.1. The molecule has 0 saturated carbocycles. The molecule has 0 atom stereocenters. The molecular weight excluding hydrogens is 246 g/mol. The Morgan fingerprint density at radius 2 is 2.00 bits per heavy atom. The molecule has 4 heteroatoms. The normalized spacial score (nSPS) is 8.64. The zero-order chi connectivity index (χ0) is 11.1. The molecule has 78 valence electrons. The minimum absolute atomic E-state index is 0.354. The summed E-state index contributed by atoms with van der Waals surface area (Å²) < 4.78 is 5.28. The highest BCUT2D eigenvalue weighted by Gasteiger charge is 2.09. The number of nitrogens with zero attached hydrogens (tertiary/aromatic N) is 1. The predicted octanol–water partition coefficient (Wildman–Crippen LogP) is 2.97. The molecule has 0 aliphatic rings. The Balaban J connectivity index is 0.000000791. The standard InChI is InChI=1S/C8H8BrNO2.C2H6/c1-5-6(8(11)12-2)3-4-7(9)10-5;1-2/h3-4H,1-2H3;1-2H3. The third-order valence-electron chi connectivity index (χ3n) is 1.46. The zero-order valence-corrected chi connectivity index (χ0v) is 10.4. The van der Waals surface area contributed by atoms with E-state index in [1.807, 2.05) is 13.8 Å². The van der Waals surface area contributed by atoms with Crippen LogP contribution in [0.2, 0.25) is 0 Å². The molecule has 0 aliphatic heterocycles. The van der Waals surface area contributed by atoms with E-state index in [1.54, 1.807) is 19.1 Å². The molecule has 0 amide bonds. The van der Waals surface area contributed by atoms with E-state index < -0.39 is 0 Å². The van der Waals surface area contributed by atoms with E-state index in [2.05, 4.69) is 25.7 Å². The van der Waals surface area contributed by atoms with Gasteiger partial charge in [-0.1, -0.05) is 13.8 Å². The molecule has 1 rings (SSSR count). The van der Waals surface area contributed by atoms with Gasteiger partial charge >= 0.3 is 5.97 Å². The van der Waals surface area contributed by atoms with Gasteiger partial charge in [0.1, 0.15) is 4.60 Å². The molecule has 0 spiro atoms. The highest BCUT2D eigenvalue weighted by atomic mass is 79.9. The summed E-state index contributed by atoms with van der Waals surface area (Å²) in [6.07, 6.45) is 0. The van der Waals surface area contributed by atoms with Crippen LogP contribution >= 0.6 is 15.9 Å². The fourth-order valence-corrected chi connectivity index (χ4v) is 1.25. The molecule has 0 radical (unpaired) electrons. The maximum absolute atomic E-state index is 11.1. The van der Waals surface area contributed by atoms with E-state index in [4.69, 9.17) is 0 Å². The van der Waals surface area contributed by atoms with Crippen molar-refractivity contribution in [3.05, 3.63) is 28.0 Å².